The zero-order chi connectivity index (χ0) is 14.7. The number of carboxylic acids is 1. The van der Waals surface area contributed by atoms with Crippen molar-refractivity contribution in [3.05, 3.63) is 62.0 Å². The van der Waals surface area contributed by atoms with Crippen LogP contribution in [0.3, 0.4) is 0 Å². The third kappa shape index (κ3) is 3.61. The van der Waals surface area contributed by atoms with E-state index in [1.54, 1.807) is 6.07 Å². The van der Waals surface area contributed by atoms with E-state index in [1.165, 1.54) is 0 Å². The molecule has 1 N–H and O–H groups in total. The summed E-state index contributed by atoms with van der Waals surface area (Å²) in [4.78, 5) is 11.3. The highest BCUT2D eigenvalue weighted by atomic mass is 79.9. The lowest BCUT2D eigenvalue weighted by Gasteiger charge is -2.13. The summed E-state index contributed by atoms with van der Waals surface area (Å²) in [5.41, 5.74) is 1.93. The molecule has 2 rings (SSSR count). The molecular formula is C15H12Br2O3. The molecule has 5 heteroatoms. The molecule has 2 aromatic carbocycles. The van der Waals surface area contributed by atoms with Crippen LogP contribution < -0.4 is 4.74 Å². The molecule has 3 nitrogen and oxygen atoms in total. The lowest BCUT2D eigenvalue weighted by atomic mass is 10.1. The molecule has 20 heavy (non-hydrogen) atoms. The summed E-state index contributed by atoms with van der Waals surface area (Å²) in [7, 11) is 0. The van der Waals surface area contributed by atoms with Crippen LogP contribution in [0.4, 0.5) is 0 Å². The number of carboxylic acid groups (broad SMARTS) is 1. The van der Waals surface area contributed by atoms with Crippen molar-refractivity contribution in [1.29, 1.82) is 0 Å². The van der Waals surface area contributed by atoms with Crippen LogP contribution in [-0.4, -0.2) is 11.1 Å². The van der Waals surface area contributed by atoms with Gasteiger partial charge in [0.2, 0.25) is 0 Å². The Bertz CT molecular complexity index is 636. The normalized spacial score (nSPS) is 10.3. The van der Waals surface area contributed by atoms with Crippen LogP contribution in [-0.2, 0) is 6.61 Å². The van der Waals surface area contributed by atoms with E-state index in [0.717, 1.165) is 20.1 Å². The van der Waals surface area contributed by atoms with Gasteiger partial charge in [-0.2, -0.15) is 0 Å². The number of benzene rings is 2. The Kier molecular flexibility index (Phi) is 4.83. The van der Waals surface area contributed by atoms with Gasteiger partial charge in [-0.15, -0.1) is 0 Å². The molecule has 0 aromatic heterocycles. The van der Waals surface area contributed by atoms with Crippen molar-refractivity contribution in [2.24, 2.45) is 0 Å². The van der Waals surface area contributed by atoms with Gasteiger partial charge in [-0.25, -0.2) is 4.79 Å². The van der Waals surface area contributed by atoms with Crippen LogP contribution in [0.2, 0.25) is 0 Å². The minimum atomic E-state index is -1.000. The van der Waals surface area contributed by atoms with E-state index in [0.29, 0.717) is 12.4 Å². The number of hydrogen-bond acceptors (Lipinski definition) is 2. The first-order valence-corrected chi connectivity index (χ1v) is 7.46. The molecule has 0 amide bonds. The topological polar surface area (TPSA) is 46.5 Å². The summed E-state index contributed by atoms with van der Waals surface area (Å²) in [5.74, 6) is -0.594. The SMILES string of the molecule is Cc1cc(Br)cc(C(=O)O)c1OCc1ccc(Br)cc1. The van der Waals surface area contributed by atoms with E-state index in [2.05, 4.69) is 31.9 Å². The summed E-state index contributed by atoms with van der Waals surface area (Å²) < 4.78 is 7.41. The summed E-state index contributed by atoms with van der Waals surface area (Å²) in [6.07, 6.45) is 0. The third-order valence-corrected chi connectivity index (χ3v) is 3.75. The molecule has 0 aliphatic carbocycles. The fourth-order valence-electron chi connectivity index (χ4n) is 1.82. The van der Waals surface area contributed by atoms with Gasteiger partial charge in [0, 0.05) is 8.95 Å². The number of ether oxygens (including phenoxy) is 1. The van der Waals surface area contributed by atoms with Crippen molar-refractivity contribution in [1.82, 2.24) is 0 Å². The molecule has 0 aliphatic rings. The second-order valence-corrected chi connectivity index (χ2v) is 6.15. The molecule has 0 radical (unpaired) electrons. The van der Waals surface area contributed by atoms with Gasteiger partial charge in [0.25, 0.3) is 0 Å². The van der Waals surface area contributed by atoms with Gasteiger partial charge in [-0.3, -0.25) is 0 Å². The zero-order valence-corrected chi connectivity index (χ0v) is 13.9. The number of aromatic carboxylic acids is 1. The van der Waals surface area contributed by atoms with Gasteiger partial charge in [0.1, 0.15) is 17.9 Å². The quantitative estimate of drug-likeness (QED) is 0.803. The van der Waals surface area contributed by atoms with Crippen molar-refractivity contribution in [2.75, 3.05) is 0 Å². The molecule has 0 heterocycles. The maximum atomic E-state index is 11.3. The number of halogens is 2. The van der Waals surface area contributed by atoms with Crippen LogP contribution >= 0.6 is 31.9 Å². The number of carbonyl (C=O) groups is 1. The maximum Gasteiger partial charge on any atom is 0.339 e. The Labute approximate surface area is 133 Å². The van der Waals surface area contributed by atoms with Crippen LogP contribution in [0.5, 0.6) is 5.75 Å². The van der Waals surface area contributed by atoms with E-state index in [9.17, 15) is 9.90 Å². The van der Waals surface area contributed by atoms with E-state index in [4.69, 9.17) is 4.74 Å². The lowest BCUT2D eigenvalue weighted by Crippen LogP contribution is -2.05. The van der Waals surface area contributed by atoms with Crippen molar-refractivity contribution in [3.63, 3.8) is 0 Å². The monoisotopic (exact) mass is 398 g/mol. The molecule has 0 fully saturated rings. The Morgan fingerprint density at radius 2 is 1.80 bits per heavy atom. The molecule has 0 bridgehead atoms. The fraction of sp³-hybridized carbons (Fsp3) is 0.133. The van der Waals surface area contributed by atoms with Gasteiger partial charge in [0.15, 0.2) is 0 Å². The minimum Gasteiger partial charge on any atom is -0.488 e. The summed E-state index contributed by atoms with van der Waals surface area (Å²) in [5, 5.41) is 9.24. The Balaban J connectivity index is 2.24. The fourth-order valence-corrected chi connectivity index (χ4v) is 2.65. The van der Waals surface area contributed by atoms with E-state index >= 15 is 0 Å². The van der Waals surface area contributed by atoms with E-state index < -0.39 is 5.97 Å². The standard InChI is InChI=1S/C15H12Br2O3/c1-9-6-12(17)7-13(15(18)19)14(9)20-8-10-2-4-11(16)5-3-10/h2-7H,8H2,1H3,(H,18,19). The van der Waals surface area contributed by atoms with Gasteiger partial charge in [-0.05, 0) is 42.3 Å². The van der Waals surface area contributed by atoms with Crippen LogP contribution in [0.1, 0.15) is 21.5 Å². The Morgan fingerprint density at radius 3 is 2.40 bits per heavy atom. The predicted octanol–water partition coefficient (Wildman–Crippen LogP) is 4.80. The Morgan fingerprint density at radius 1 is 1.15 bits per heavy atom. The summed E-state index contributed by atoms with van der Waals surface area (Å²) in [6, 6.07) is 11.1. The maximum absolute atomic E-state index is 11.3. The highest BCUT2D eigenvalue weighted by molar-refractivity contribution is 9.10. The highest BCUT2D eigenvalue weighted by Crippen LogP contribution is 2.29. The summed E-state index contributed by atoms with van der Waals surface area (Å²) >= 11 is 6.66. The number of aryl methyl sites for hydroxylation is 1. The van der Waals surface area contributed by atoms with Crippen LogP contribution in [0.15, 0.2) is 45.3 Å². The van der Waals surface area contributed by atoms with Crippen LogP contribution in [0.25, 0.3) is 0 Å². The van der Waals surface area contributed by atoms with E-state index in [1.807, 2.05) is 37.3 Å². The van der Waals surface area contributed by atoms with E-state index in [-0.39, 0.29) is 5.56 Å². The number of hydrogen-bond donors (Lipinski definition) is 1. The molecule has 0 spiro atoms. The van der Waals surface area contributed by atoms with Crippen molar-refractivity contribution >= 4 is 37.8 Å². The Hall–Kier alpha value is -1.33. The van der Waals surface area contributed by atoms with Gasteiger partial charge in [0.05, 0.1) is 0 Å². The largest absolute Gasteiger partial charge is 0.488 e. The predicted molar refractivity (Wildman–Crippen MR) is 84.3 cm³/mol. The lowest BCUT2D eigenvalue weighted by molar-refractivity contribution is 0.0691. The molecule has 0 aliphatic heterocycles. The average Bonchev–Trinajstić information content (AvgIpc) is 2.38. The van der Waals surface area contributed by atoms with Crippen molar-refractivity contribution in [3.8, 4) is 5.75 Å². The van der Waals surface area contributed by atoms with Gasteiger partial charge < -0.3 is 9.84 Å². The first kappa shape index (κ1) is 15.1. The smallest absolute Gasteiger partial charge is 0.339 e. The first-order valence-electron chi connectivity index (χ1n) is 5.88. The van der Waals surface area contributed by atoms with Crippen LogP contribution in [0, 0.1) is 6.92 Å². The molecule has 0 saturated heterocycles. The molecule has 2 aromatic rings. The zero-order valence-electron chi connectivity index (χ0n) is 10.7. The molecule has 104 valence electrons. The average molecular weight is 400 g/mol. The minimum absolute atomic E-state index is 0.161. The second-order valence-electron chi connectivity index (χ2n) is 4.32. The molecular weight excluding hydrogens is 388 g/mol. The number of rotatable bonds is 4. The molecule has 0 saturated carbocycles. The van der Waals surface area contributed by atoms with Crippen molar-refractivity contribution < 1.29 is 14.6 Å². The van der Waals surface area contributed by atoms with Crippen molar-refractivity contribution in [2.45, 2.75) is 13.5 Å². The third-order valence-electron chi connectivity index (χ3n) is 2.77. The van der Waals surface area contributed by atoms with Gasteiger partial charge >= 0.3 is 5.97 Å². The van der Waals surface area contributed by atoms with Gasteiger partial charge in [-0.1, -0.05) is 44.0 Å². The summed E-state index contributed by atoms with van der Waals surface area (Å²) in [6.45, 7) is 2.16. The highest BCUT2D eigenvalue weighted by Gasteiger charge is 2.15. The first-order chi connectivity index (χ1) is 9.47. The molecule has 0 atom stereocenters. The second kappa shape index (κ2) is 6.41. The molecule has 0 unspecified atom stereocenters.